The number of para-hydroxylation sites is 1. The molecule has 0 saturated heterocycles. The molecule has 2 aliphatic rings. The molecule has 0 fully saturated rings. The fraction of sp³-hybridized carbons (Fsp3) is 0.0851. The summed E-state index contributed by atoms with van der Waals surface area (Å²) < 4.78 is 17.8. The number of allylic oxidation sites excluding steroid dienone is 5. The normalized spacial score (nSPS) is 16.3. The number of nitrogens with one attached hydrogen (secondary N) is 1. The number of hydrogen-bond acceptors (Lipinski definition) is 5. The molecule has 54 heavy (non-hydrogen) atoms. The van der Waals surface area contributed by atoms with Crippen LogP contribution in [0.15, 0.2) is 169 Å². The van der Waals surface area contributed by atoms with Crippen molar-refractivity contribution in [2.24, 2.45) is 11.0 Å². The van der Waals surface area contributed by atoms with Crippen LogP contribution in [-0.4, -0.2) is 20.4 Å². The zero-order valence-corrected chi connectivity index (χ0v) is 30.4. The van der Waals surface area contributed by atoms with E-state index in [4.69, 9.17) is 9.29 Å². The van der Waals surface area contributed by atoms with Gasteiger partial charge in [0, 0.05) is 51.7 Å². The second-order valence-corrected chi connectivity index (χ2v) is 13.7. The maximum absolute atomic E-state index is 6.69. The average molecular weight is 723 g/mol. The van der Waals surface area contributed by atoms with Gasteiger partial charge in [-0.1, -0.05) is 121 Å². The summed E-state index contributed by atoms with van der Waals surface area (Å²) in [5.41, 5.74) is 13.6. The molecule has 3 atom stereocenters. The maximum Gasteiger partial charge on any atom is 0.169 e. The molecule has 2 heterocycles. The minimum absolute atomic E-state index is 0.300. The monoisotopic (exact) mass is 722 g/mol. The van der Waals surface area contributed by atoms with E-state index in [2.05, 4.69) is 191 Å². The Morgan fingerprint density at radius 2 is 1.39 bits per heavy atom. The second-order valence-electron chi connectivity index (χ2n) is 13.7. The number of hydrazone groups is 1. The lowest BCUT2D eigenvalue weighted by molar-refractivity contribution is 0.0170. The Bertz CT molecular complexity index is 2760. The molecular weight excluding hydrogens is 685 g/mol. The summed E-state index contributed by atoms with van der Waals surface area (Å²) in [4.78, 5) is 0. The van der Waals surface area contributed by atoms with Gasteiger partial charge in [0.2, 0.25) is 0 Å². The van der Waals surface area contributed by atoms with Crippen LogP contribution in [0.1, 0.15) is 34.5 Å². The van der Waals surface area contributed by atoms with Gasteiger partial charge in [-0.3, -0.25) is 5.43 Å². The highest BCUT2D eigenvalue weighted by Crippen LogP contribution is 2.47. The molecular formula is C47H38N4O2S. The van der Waals surface area contributed by atoms with Crippen molar-refractivity contribution in [2.75, 3.05) is 0 Å². The largest absolute Gasteiger partial charge is 0.348 e. The number of thiol groups is 1. The Kier molecular flexibility index (Phi) is 8.97. The van der Waals surface area contributed by atoms with Gasteiger partial charge in [-0.15, -0.1) is 0 Å². The quantitative estimate of drug-likeness (QED) is 0.0481. The predicted octanol–water partition coefficient (Wildman–Crippen LogP) is 11.5. The Morgan fingerprint density at radius 3 is 2.22 bits per heavy atom. The lowest BCUT2D eigenvalue weighted by Crippen LogP contribution is -2.18. The van der Waals surface area contributed by atoms with Gasteiger partial charge in [0.15, 0.2) is 6.23 Å². The Morgan fingerprint density at radius 1 is 0.685 bits per heavy atom. The summed E-state index contributed by atoms with van der Waals surface area (Å²) >= 11 is 2.53. The lowest BCUT2D eigenvalue weighted by Gasteiger charge is -2.26. The maximum atomic E-state index is 6.69. The van der Waals surface area contributed by atoms with E-state index in [0.29, 0.717) is 18.4 Å². The van der Waals surface area contributed by atoms with Crippen LogP contribution in [0.2, 0.25) is 0 Å². The van der Waals surface area contributed by atoms with Gasteiger partial charge >= 0.3 is 0 Å². The molecule has 6 aromatic carbocycles. The van der Waals surface area contributed by atoms with Crippen molar-refractivity contribution >= 4 is 69.2 Å². The van der Waals surface area contributed by atoms with Crippen LogP contribution >= 0.6 is 12.9 Å². The van der Waals surface area contributed by atoms with Crippen LogP contribution in [-0.2, 0) is 11.3 Å². The van der Waals surface area contributed by atoms with Crippen LogP contribution in [0.3, 0.4) is 0 Å². The highest BCUT2D eigenvalue weighted by molar-refractivity contribution is 7.74. The molecule has 3 unspecified atom stereocenters. The molecule has 0 spiro atoms. The molecule has 10 rings (SSSR count). The number of ether oxygens (including phenoxy) is 1. The van der Waals surface area contributed by atoms with Crippen molar-refractivity contribution in [3.8, 4) is 11.4 Å². The topological polar surface area (TPSA) is 63.7 Å². The molecule has 7 heteroatoms. The predicted molar refractivity (Wildman–Crippen MR) is 227 cm³/mol. The molecule has 0 aliphatic heterocycles. The van der Waals surface area contributed by atoms with Gasteiger partial charge in [-0.05, 0) is 83.3 Å². The minimum Gasteiger partial charge on any atom is -0.348 e. The third-order valence-electron chi connectivity index (χ3n) is 10.8. The number of rotatable bonds is 8. The van der Waals surface area contributed by atoms with Crippen molar-refractivity contribution in [3.63, 3.8) is 0 Å². The lowest BCUT2D eigenvalue weighted by atomic mass is 9.78. The first-order valence-corrected chi connectivity index (χ1v) is 18.5. The molecule has 6 nitrogen and oxygen atoms in total. The molecule has 0 saturated carbocycles. The number of fused-ring (bicyclic) bond motifs is 10. The first kappa shape index (κ1) is 33.7. The van der Waals surface area contributed by atoms with Crippen molar-refractivity contribution < 1.29 is 9.29 Å². The van der Waals surface area contributed by atoms with Crippen molar-refractivity contribution in [1.29, 1.82) is 0 Å². The van der Waals surface area contributed by atoms with Crippen molar-refractivity contribution in [1.82, 2.24) is 14.6 Å². The van der Waals surface area contributed by atoms with E-state index in [-0.39, 0.29) is 0 Å². The number of hydrogen-bond donors (Lipinski definition) is 3. The summed E-state index contributed by atoms with van der Waals surface area (Å²) in [5.74, 6) is 0.658. The zero-order chi connectivity index (χ0) is 36.6. The highest BCUT2D eigenvalue weighted by atomic mass is 32.1. The number of nitrogens with zero attached hydrogens (tertiary/aromatic N) is 3. The van der Waals surface area contributed by atoms with Crippen molar-refractivity contribution in [2.45, 2.75) is 18.8 Å². The van der Waals surface area contributed by atoms with E-state index in [1.807, 2.05) is 18.2 Å². The third kappa shape index (κ3) is 5.65. The third-order valence-corrected chi connectivity index (χ3v) is 10.8. The first-order valence-electron chi connectivity index (χ1n) is 18.1. The molecule has 2 N–H and O–H groups in total. The van der Waals surface area contributed by atoms with E-state index in [0.717, 1.165) is 33.5 Å². The minimum atomic E-state index is -0.420. The van der Waals surface area contributed by atoms with Gasteiger partial charge in [0.1, 0.15) is 0 Å². The second kappa shape index (κ2) is 14.4. The molecule has 2 aromatic heterocycles. The Hall–Kier alpha value is -6.12. The molecule has 8 aromatic rings. The standard InChI is InChI=1S/C47H36N4O.H2OS/c1-48-49-47(52-30-31-11-3-2-4-12-31)34-19-23-35(24-20-34)50-41-18-10-9-17-39(41)40-29-36(25-28-42(40)50)51-43-26-21-32-13-5-7-15-37(32)45(43)46-38-16-8-6-14-33(38)22-27-44(46)51;1-2/h2-29,32,37,47,49H,1,30H2;1-2H. The van der Waals surface area contributed by atoms with Crippen molar-refractivity contribution in [3.05, 3.63) is 186 Å². The van der Waals surface area contributed by atoms with Crippen LogP contribution in [0.25, 0.3) is 60.9 Å². The fourth-order valence-corrected chi connectivity index (χ4v) is 8.41. The molecule has 2 aliphatic carbocycles. The molecule has 0 bridgehead atoms. The van der Waals surface area contributed by atoms with Gasteiger partial charge < -0.3 is 18.4 Å². The smallest absolute Gasteiger partial charge is 0.169 e. The van der Waals surface area contributed by atoms with Gasteiger partial charge in [0.05, 0.1) is 28.9 Å². The molecule has 0 amide bonds. The van der Waals surface area contributed by atoms with E-state index in [9.17, 15) is 0 Å². The van der Waals surface area contributed by atoms with E-state index in [1.54, 1.807) is 0 Å². The van der Waals surface area contributed by atoms with Crippen LogP contribution < -0.4 is 5.43 Å². The summed E-state index contributed by atoms with van der Waals surface area (Å²) in [6.07, 6.45) is 13.4. The number of aromatic nitrogens is 2. The van der Waals surface area contributed by atoms with E-state index >= 15 is 0 Å². The Balaban J connectivity index is 0.00000189. The fourth-order valence-electron chi connectivity index (χ4n) is 8.41. The highest BCUT2D eigenvalue weighted by Gasteiger charge is 2.31. The van der Waals surface area contributed by atoms with Gasteiger partial charge in [-0.2, -0.15) is 5.10 Å². The SMILES string of the molecule is C=NNC(OCc1ccccc1)c1ccc(-n2c3ccccc3c3cc(-n4c5c(c6c7ccccc7ccc64)C4C=CC=CC4C=C5)ccc32)cc1.OS. The molecule has 0 radical (unpaired) electrons. The first-order chi connectivity index (χ1) is 26.8. The summed E-state index contributed by atoms with van der Waals surface area (Å²) in [7, 11) is 0. The molecule has 264 valence electrons. The van der Waals surface area contributed by atoms with E-state index in [1.165, 1.54) is 43.7 Å². The summed E-state index contributed by atoms with van der Waals surface area (Å²) in [6.45, 7) is 4.11. The summed E-state index contributed by atoms with van der Waals surface area (Å²) in [5, 5.41) is 10.3. The van der Waals surface area contributed by atoms with Crippen LogP contribution in [0, 0.1) is 5.92 Å². The van der Waals surface area contributed by atoms with Crippen LogP contribution in [0.4, 0.5) is 0 Å². The van der Waals surface area contributed by atoms with E-state index < -0.39 is 6.23 Å². The van der Waals surface area contributed by atoms with Crippen LogP contribution in [0.5, 0.6) is 0 Å². The Labute approximate surface area is 319 Å². The van der Waals surface area contributed by atoms with Gasteiger partial charge in [0.25, 0.3) is 0 Å². The van der Waals surface area contributed by atoms with Gasteiger partial charge in [-0.25, -0.2) is 0 Å². The summed E-state index contributed by atoms with van der Waals surface area (Å²) in [6, 6.07) is 47.7. The average Bonchev–Trinajstić information content (AvgIpc) is 3.77. The zero-order valence-electron chi connectivity index (χ0n) is 29.5. The number of benzene rings is 6.